The first-order valence-electron chi connectivity index (χ1n) is 11.6. The first kappa shape index (κ1) is 23.7. The molecule has 0 bridgehead atoms. The molecule has 0 unspecified atom stereocenters. The Bertz CT molecular complexity index is 1330. The molecule has 1 aliphatic heterocycles. The molecule has 3 heterocycles. The maximum atomic E-state index is 12.7. The van der Waals surface area contributed by atoms with E-state index in [2.05, 4.69) is 49.7 Å². The number of urea groups is 1. The van der Waals surface area contributed by atoms with Gasteiger partial charge in [0.25, 0.3) is 0 Å². The number of H-pyrrole nitrogens is 1. The standard InChI is InChI=1S/C26H25F3N6O/c27-26(28,29)19-6-8-20(9-7-19)31-25(36)32-22-16-30-21-10-11-23(33-24(21)22)35-14-12-34(13-15-35)17-18-4-2-1-3-5-18/h1-11,16,30H,12-15,17H2,(H2,31,32,36). The van der Waals surface area contributed by atoms with Crippen LogP contribution < -0.4 is 15.5 Å². The number of piperazine rings is 1. The number of nitrogens with zero attached hydrogens (tertiary/aromatic N) is 3. The van der Waals surface area contributed by atoms with Gasteiger partial charge < -0.3 is 20.5 Å². The van der Waals surface area contributed by atoms with E-state index >= 15 is 0 Å². The molecule has 10 heteroatoms. The van der Waals surface area contributed by atoms with E-state index in [1.54, 1.807) is 6.20 Å². The van der Waals surface area contributed by atoms with Crippen LogP contribution in [0.1, 0.15) is 11.1 Å². The molecule has 0 saturated carbocycles. The molecule has 0 spiro atoms. The van der Waals surface area contributed by atoms with Gasteiger partial charge in [0.2, 0.25) is 0 Å². The largest absolute Gasteiger partial charge is 0.416 e. The number of carbonyl (C=O) groups is 1. The number of hydrogen-bond donors (Lipinski definition) is 3. The molecule has 36 heavy (non-hydrogen) atoms. The summed E-state index contributed by atoms with van der Waals surface area (Å²) in [4.78, 5) is 25.0. The van der Waals surface area contributed by atoms with Crippen LogP contribution in [0.4, 0.5) is 35.2 Å². The highest BCUT2D eigenvalue weighted by Gasteiger charge is 2.30. The van der Waals surface area contributed by atoms with Crippen LogP contribution in [0.25, 0.3) is 11.0 Å². The number of aromatic amines is 1. The zero-order chi connectivity index (χ0) is 25.1. The second-order valence-corrected chi connectivity index (χ2v) is 8.67. The van der Waals surface area contributed by atoms with Crippen molar-refractivity contribution in [2.45, 2.75) is 12.7 Å². The van der Waals surface area contributed by atoms with E-state index in [0.29, 0.717) is 11.2 Å². The van der Waals surface area contributed by atoms with E-state index in [-0.39, 0.29) is 5.69 Å². The molecular formula is C26H25F3N6O. The quantitative estimate of drug-likeness (QED) is 0.340. The van der Waals surface area contributed by atoms with Gasteiger partial charge in [-0.3, -0.25) is 4.90 Å². The number of pyridine rings is 1. The van der Waals surface area contributed by atoms with E-state index in [1.807, 2.05) is 18.2 Å². The lowest BCUT2D eigenvalue weighted by atomic mass is 10.2. The highest BCUT2D eigenvalue weighted by atomic mass is 19.4. The maximum Gasteiger partial charge on any atom is 0.416 e. The highest BCUT2D eigenvalue weighted by molar-refractivity contribution is 6.05. The molecule has 0 aliphatic carbocycles. The monoisotopic (exact) mass is 494 g/mol. The average molecular weight is 495 g/mol. The molecular weight excluding hydrogens is 469 g/mol. The zero-order valence-corrected chi connectivity index (χ0v) is 19.3. The van der Waals surface area contributed by atoms with Crippen molar-refractivity contribution in [1.29, 1.82) is 0 Å². The van der Waals surface area contributed by atoms with Crippen LogP contribution in [0.15, 0.2) is 72.9 Å². The van der Waals surface area contributed by atoms with Gasteiger partial charge in [0.15, 0.2) is 0 Å². The molecule has 4 aromatic rings. The van der Waals surface area contributed by atoms with Crippen LogP contribution in [0.2, 0.25) is 0 Å². The van der Waals surface area contributed by atoms with Crippen LogP contribution in [0.3, 0.4) is 0 Å². The van der Waals surface area contributed by atoms with Gasteiger partial charge in [0, 0.05) is 44.6 Å². The van der Waals surface area contributed by atoms with E-state index in [0.717, 1.165) is 56.2 Å². The van der Waals surface area contributed by atoms with Crippen LogP contribution >= 0.6 is 0 Å². The molecule has 1 saturated heterocycles. The van der Waals surface area contributed by atoms with Gasteiger partial charge in [0.05, 0.1) is 16.8 Å². The predicted octanol–water partition coefficient (Wildman–Crippen LogP) is 5.55. The average Bonchev–Trinajstić information content (AvgIpc) is 3.26. The van der Waals surface area contributed by atoms with E-state index in [1.165, 1.54) is 17.7 Å². The first-order valence-corrected chi connectivity index (χ1v) is 11.6. The number of carbonyl (C=O) groups excluding carboxylic acids is 1. The Kier molecular flexibility index (Phi) is 6.51. The number of halogens is 3. The van der Waals surface area contributed by atoms with Crippen molar-refractivity contribution in [3.8, 4) is 0 Å². The Morgan fingerprint density at radius 3 is 2.33 bits per heavy atom. The van der Waals surface area contributed by atoms with Gasteiger partial charge in [-0.1, -0.05) is 30.3 Å². The number of fused-ring (bicyclic) bond motifs is 1. The molecule has 1 aliphatic rings. The van der Waals surface area contributed by atoms with Crippen molar-refractivity contribution in [3.05, 3.63) is 84.1 Å². The normalized spacial score (nSPS) is 14.7. The summed E-state index contributed by atoms with van der Waals surface area (Å²) in [7, 11) is 0. The number of rotatable bonds is 5. The fourth-order valence-corrected chi connectivity index (χ4v) is 4.26. The lowest BCUT2D eigenvalue weighted by molar-refractivity contribution is -0.137. The molecule has 1 fully saturated rings. The maximum absolute atomic E-state index is 12.7. The lowest BCUT2D eigenvalue weighted by Crippen LogP contribution is -2.46. The summed E-state index contributed by atoms with van der Waals surface area (Å²) in [6.07, 6.45) is -2.78. The summed E-state index contributed by atoms with van der Waals surface area (Å²) < 4.78 is 38.2. The van der Waals surface area contributed by atoms with Gasteiger partial charge in [-0.2, -0.15) is 13.2 Å². The molecule has 5 rings (SSSR count). The van der Waals surface area contributed by atoms with Crippen molar-refractivity contribution in [1.82, 2.24) is 14.9 Å². The summed E-state index contributed by atoms with van der Waals surface area (Å²) in [6, 6.07) is 18.0. The molecule has 0 atom stereocenters. The second kappa shape index (κ2) is 9.90. The van der Waals surface area contributed by atoms with Gasteiger partial charge in [-0.25, -0.2) is 9.78 Å². The third-order valence-electron chi connectivity index (χ3n) is 6.17. The fraction of sp³-hybridized carbons (Fsp3) is 0.231. The Morgan fingerprint density at radius 2 is 1.64 bits per heavy atom. The Morgan fingerprint density at radius 1 is 0.917 bits per heavy atom. The summed E-state index contributed by atoms with van der Waals surface area (Å²) in [5.41, 5.74) is 2.64. The van der Waals surface area contributed by atoms with E-state index < -0.39 is 17.8 Å². The van der Waals surface area contributed by atoms with E-state index in [9.17, 15) is 18.0 Å². The predicted molar refractivity (Wildman–Crippen MR) is 134 cm³/mol. The number of amides is 2. The highest BCUT2D eigenvalue weighted by Crippen LogP contribution is 2.30. The molecule has 2 aromatic heterocycles. The third-order valence-corrected chi connectivity index (χ3v) is 6.17. The van der Waals surface area contributed by atoms with Crippen molar-refractivity contribution < 1.29 is 18.0 Å². The van der Waals surface area contributed by atoms with Gasteiger partial charge in [-0.05, 0) is 42.0 Å². The Hall–Kier alpha value is -4.05. The van der Waals surface area contributed by atoms with Crippen LogP contribution in [-0.4, -0.2) is 47.1 Å². The molecule has 2 amide bonds. The summed E-state index contributed by atoms with van der Waals surface area (Å²) in [5.74, 6) is 0.827. The Balaban J connectivity index is 1.22. The Labute approximate surface area is 205 Å². The van der Waals surface area contributed by atoms with Gasteiger partial charge in [-0.15, -0.1) is 0 Å². The number of aromatic nitrogens is 2. The first-order chi connectivity index (χ1) is 17.3. The number of anilines is 3. The van der Waals surface area contributed by atoms with E-state index in [4.69, 9.17) is 4.98 Å². The van der Waals surface area contributed by atoms with Crippen molar-refractivity contribution in [3.63, 3.8) is 0 Å². The summed E-state index contributed by atoms with van der Waals surface area (Å²) >= 11 is 0. The minimum absolute atomic E-state index is 0.252. The molecule has 3 N–H and O–H groups in total. The third kappa shape index (κ3) is 5.44. The van der Waals surface area contributed by atoms with Gasteiger partial charge >= 0.3 is 12.2 Å². The zero-order valence-electron chi connectivity index (χ0n) is 19.3. The molecule has 0 radical (unpaired) electrons. The number of benzene rings is 2. The van der Waals surface area contributed by atoms with Crippen LogP contribution in [0.5, 0.6) is 0 Å². The SMILES string of the molecule is O=C(Nc1ccc(C(F)(F)F)cc1)Nc1c[nH]c2ccc(N3CCN(Cc4ccccc4)CC3)nc12. The van der Waals surface area contributed by atoms with Crippen LogP contribution in [-0.2, 0) is 12.7 Å². The van der Waals surface area contributed by atoms with Crippen LogP contribution in [0, 0.1) is 0 Å². The summed E-state index contributed by atoms with van der Waals surface area (Å²) in [6.45, 7) is 4.44. The van der Waals surface area contributed by atoms with Crippen molar-refractivity contribution in [2.75, 3.05) is 41.7 Å². The molecule has 2 aromatic carbocycles. The minimum Gasteiger partial charge on any atom is -0.358 e. The fourth-order valence-electron chi connectivity index (χ4n) is 4.26. The number of nitrogens with one attached hydrogen (secondary N) is 3. The molecule has 7 nitrogen and oxygen atoms in total. The summed E-state index contributed by atoms with van der Waals surface area (Å²) in [5, 5.41) is 5.28. The lowest BCUT2D eigenvalue weighted by Gasteiger charge is -2.35. The smallest absolute Gasteiger partial charge is 0.358 e. The van der Waals surface area contributed by atoms with Crippen molar-refractivity contribution in [2.24, 2.45) is 0 Å². The van der Waals surface area contributed by atoms with Gasteiger partial charge in [0.1, 0.15) is 11.3 Å². The molecule has 186 valence electrons. The minimum atomic E-state index is -4.43. The number of alkyl halides is 3. The second-order valence-electron chi connectivity index (χ2n) is 8.67. The van der Waals surface area contributed by atoms with Crippen molar-refractivity contribution >= 4 is 34.3 Å². The number of hydrogen-bond acceptors (Lipinski definition) is 4. The topological polar surface area (TPSA) is 76.3 Å².